The average Bonchev–Trinajstić information content (AvgIpc) is 3.31. The monoisotopic (exact) mass is 411 g/mol. The standard InChI is InChI=1S/C21H25N5O4/c1-4-25-12-9-17(23-25)22-19(28)21(2)10-5-6-11-26(21)18(27)14-7-8-16-15(13-14)24(3)20(29)30-16/h7-9,12-13H,4-6,10-11H2,1-3H3,(H,22,23,28)/t21-/m0/s1. The number of amides is 2. The Kier molecular flexibility index (Phi) is 4.97. The van der Waals surface area contributed by atoms with Gasteiger partial charge in [0.25, 0.3) is 11.8 Å². The van der Waals surface area contributed by atoms with Crippen LogP contribution in [0.1, 0.15) is 43.5 Å². The van der Waals surface area contributed by atoms with Crippen molar-refractivity contribution in [3.8, 4) is 0 Å². The molecule has 0 saturated carbocycles. The van der Waals surface area contributed by atoms with E-state index in [2.05, 4.69) is 10.4 Å². The van der Waals surface area contributed by atoms with Crippen LogP contribution in [0.3, 0.4) is 0 Å². The van der Waals surface area contributed by atoms with Crippen LogP contribution in [-0.4, -0.2) is 43.1 Å². The fraction of sp³-hybridized carbons (Fsp3) is 0.429. The zero-order valence-corrected chi connectivity index (χ0v) is 17.3. The topological polar surface area (TPSA) is 102 Å². The van der Waals surface area contributed by atoms with Gasteiger partial charge in [0.05, 0.1) is 5.52 Å². The molecule has 3 aromatic rings. The molecule has 30 heavy (non-hydrogen) atoms. The zero-order chi connectivity index (χ0) is 21.5. The molecular formula is C21H25N5O4. The summed E-state index contributed by atoms with van der Waals surface area (Å²) < 4.78 is 8.23. The highest BCUT2D eigenvalue weighted by molar-refractivity contribution is 6.04. The highest BCUT2D eigenvalue weighted by atomic mass is 16.4. The fourth-order valence-electron chi connectivity index (χ4n) is 3.95. The molecule has 0 unspecified atom stereocenters. The highest BCUT2D eigenvalue weighted by Gasteiger charge is 2.44. The number of fused-ring (bicyclic) bond motifs is 1. The summed E-state index contributed by atoms with van der Waals surface area (Å²) in [6, 6.07) is 6.62. The number of hydrogen-bond acceptors (Lipinski definition) is 5. The fourth-order valence-corrected chi connectivity index (χ4v) is 3.95. The van der Waals surface area contributed by atoms with Crippen LogP contribution >= 0.6 is 0 Å². The van der Waals surface area contributed by atoms with E-state index in [1.165, 1.54) is 4.57 Å². The molecule has 158 valence electrons. The third-order valence-electron chi connectivity index (χ3n) is 5.87. The maximum atomic E-state index is 13.4. The number of piperidine rings is 1. The van der Waals surface area contributed by atoms with Gasteiger partial charge in [0.2, 0.25) is 0 Å². The first-order chi connectivity index (χ1) is 14.3. The molecule has 0 aliphatic carbocycles. The largest absolute Gasteiger partial charge is 0.419 e. The van der Waals surface area contributed by atoms with Gasteiger partial charge < -0.3 is 14.6 Å². The molecule has 1 aliphatic heterocycles. The molecule has 0 spiro atoms. The van der Waals surface area contributed by atoms with Crippen molar-refractivity contribution in [2.75, 3.05) is 11.9 Å². The van der Waals surface area contributed by atoms with Crippen LogP contribution in [0.2, 0.25) is 0 Å². The Morgan fingerprint density at radius 2 is 2.07 bits per heavy atom. The lowest BCUT2D eigenvalue weighted by molar-refractivity contribution is -0.127. The Bertz CT molecular complexity index is 1170. The van der Waals surface area contributed by atoms with E-state index in [9.17, 15) is 14.4 Å². The van der Waals surface area contributed by atoms with Crippen LogP contribution in [0.15, 0.2) is 39.7 Å². The van der Waals surface area contributed by atoms with Crippen molar-refractivity contribution >= 4 is 28.7 Å². The molecule has 2 amide bonds. The average molecular weight is 411 g/mol. The predicted octanol–water partition coefficient (Wildman–Crippen LogP) is 2.37. The van der Waals surface area contributed by atoms with Gasteiger partial charge in [-0.2, -0.15) is 5.10 Å². The number of anilines is 1. The maximum absolute atomic E-state index is 13.4. The maximum Gasteiger partial charge on any atom is 0.419 e. The lowest BCUT2D eigenvalue weighted by Crippen LogP contribution is -2.59. The molecule has 3 heterocycles. The van der Waals surface area contributed by atoms with Crippen molar-refractivity contribution in [2.45, 2.75) is 45.2 Å². The Balaban J connectivity index is 1.63. The molecule has 1 aromatic carbocycles. The summed E-state index contributed by atoms with van der Waals surface area (Å²) in [6.45, 7) is 4.95. The summed E-state index contributed by atoms with van der Waals surface area (Å²) in [7, 11) is 1.59. The smallest absolute Gasteiger partial charge is 0.408 e. The number of benzene rings is 1. The summed E-state index contributed by atoms with van der Waals surface area (Å²) >= 11 is 0. The normalized spacial score (nSPS) is 19.2. The number of hydrogen-bond donors (Lipinski definition) is 1. The van der Waals surface area contributed by atoms with Crippen LogP contribution in [-0.2, 0) is 18.4 Å². The lowest BCUT2D eigenvalue weighted by atomic mass is 9.86. The van der Waals surface area contributed by atoms with Crippen molar-refractivity contribution in [1.29, 1.82) is 0 Å². The lowest BCUT2D eigenvalue weighted by Gasteiger charge is -2.43. The molecule has 4 rings (SSSR count). The molecule has 9 nitrogen and oxygen atoms in total. The van der Waals surface area contributed by atoms with Crippen molar-refractivity contribution in [2.24, 2.45) is 7.05 Å². The first-order valence-corrected chi connectivity index (χ1v) is 10.1. The van der Waals surface area contributed by atoms with Gasteiger partial charge in [-0.25, -0.2) is 4.79 Å². The van der Waals surface area contributed by atoms with Gasteiger partial charge >= 0.3 is 5.76 Å². The number of nitrogens with zero attached hydrogens (tertiary/aromatic N) is 4. The number of oxazole rings is 1. The SMILES string of the molecule is CCn1ccc(NC(=O)[C@]2(C)CCCCN2C(=O)c2ccc3oc(=O)n(C)c3c2)n1. The van der Waals surface area contributed by atoms with E-state index >= 15 is 0 Å². The zero-order valence-electron chi connectivity index (χ0n) is 17.3. The molecule has 0 bridgehead atoms. The van der Waals surface area contributed by atoms with E-state index < -0.39 is 11.3 Å². The third-order valence-corrected chi connectivity index (χ3v) is 5.87. The first kappa shape index (κ1) is 19.9. The minimum absolute atomic E-state index is 0.248. The number of likely N-dealkylation sites (tertiary alicyclic amines) is 1. The number of carbonyl (C=O) groups excluding carboxylic acids is 2. The van der Waals surface area contributed by atoms with Crippen LogP contribution in [0, 0.1) is 0 Å². The van der Waals surface area contributed by atoms with E-state index in [0.717, 1.165) is 12.8 Å². The summed E-state index contributed by atoms with van der Waals surface area (Å²) in [5.41, 5.74) is 0.377. The number of nitrogens with one attached hydrogen (secondary N) is 1. The van der Waals surface area contributed by atoms with E-state index in [1.807, 2.05) is 6.92 Å². The summed E-state index contributed by atoms with van der Waals surface area (Å²) in [4.78, 5) is 40.0. The van der Waals surface area contributed by atoms with Crippen molar-refractivity contribution in [3.63, 3.8) is 0 Å². The van der Waals surface area contributed by atoms with Crippen LogP contribution in [0.4, 0.5) is 5.82 Å². The number of aromatic nitrogens is 3. The van der Waals surface area contributed by atoms with Crippen molar-refractivity contribution in [1.82, 2.24) is 19.2 Å². The van der Waals surface area contributed by atoms with Gasteiger partial charge in [-0.15, -0.1) is 0 Å². The van der Waals surface area contributed by atoms with Gasteiger partial charge in [-0.05, 0) is 51.3 Å². The Morgan fingerprint density at radius 1 is 1.27 bits per heavy atom. The first-order valence-electron chi connectivity index (χ1n) is 10.1. The van der Waals surface area contributed by atoms with Gasteiger partial charge in [0, 0.05) is 38.0 Å². The molecule has 1 fully saturated rings. The van der Waals surface area contributed by atoms with E-state index in [1.54, 1.807) is 54.0 Å². The molecule has 9 heteroatoms. The predicted molar refractivity (Wildman–Crippen MR) is 111 cm³/mol. The van der Waals surface area contributed by atoms with Crippen molar-refractivity contribution < 1.29 is 14.0 Å². The summed E-state index contributed by atoms with van der Waals surface area (Å²) in [6.07, 6.45) is 4.04. The van der Waals surface area contributed by atoms with Gasteiger partial charge in [0.15, 0.2) is 11.4 Å². The third kappa shape index (κ3) is 3.30. The second-order valence-electron chi connectivity index (χ2n) is 7.81. The molecule has 2 aromatic heterocycles. The van der Waals surface area contributed by atoms with Gasteiger partial charge in [0.1, 0.15) is 5.54 Å². The molecule has 1 saturated heterocycles. The Labute approximate surface area is 173 Å². The van der Waals surface area contributed by atoms with E-state index in [0.29, 0.717) is 42.0 Å². The minimum Gasteiger partial charge on any atom is -0.408 e. The number of aryl methyl sites for hydroxylation is 2. The van der Waals surface area contributed by atoms with E-state index in [4.69, 9.17) is 4.42 Å². The molecule has 0 radical (unpaired) electrons. The van der Waals surface area contributed by atoms with Crippen LogP contribution in [0.25, 0.3) is 11.1 Å². The second kappa shape index (κ2) is 7.47. The number of rotatable bonds is 4. The quantitative estimate of drug-likeness (QED) is 0.710. The summed E-state index contributed by atoms with van der Waals surface area (Å²) in [5, 5.41) is 7.17. The summed E-state index contributed by atoms with van der Waals surface area (Å²) in [5.74, 6) is -0.519. The second-order valence-corrected chi connectivity index (χ2v) is 7.81. The Hall–Kier alpha value is -3.36. The van der Waals surface area contributed by atoms with Crippen molar-refractivity contribution in [3.05, 3.63) is 46.6 Å². The molecule has 1 atom stereocenters. The van der Waals surface area contributed by atoms with Gasteiger partial charge in [-0.3, -0.25) is 18.8 Å². The Morgan fingerprint density at radius 3 is 2.80 bits per heavy atom. The van der Waals surface area contributed by atoms with Crippen LogP contribution in [0.5, 0.6) is 0 Å². The van der Waals surface area contributed by atoms with Gasteiger partial charge in [-0.1, -0.05) is 0 Å². The molecular weight excluding hydrogens is 386 g/mol. The van der Waals surface area contributed by atoms with Crippen LogP contribution < -0.4 is 11.1 Å². The minimum atomic E-state index is -0.997. The number of carbonyl (C=O) groups is 2. The molecule has 1 aliphatic rings. The molecule has 1 N–H and O–H groups in total. The highest BCUT2D eigenvalue weighted by Crippen LogP contribution is 2.31. The van der Waals surface area contributed by atoms with E-state index in [-0.39, 0.29) is 11.8 Å².